The van der Waals surface area contributed by atoms with Gasteiger partial charge in [0.05, 0.1) is 12.1 Å². The summed E-state index contributed by atoms with van der Waals surface area (Å²) in [6.07, 6.45) is 0.209. The molecule has 1 aromatic heterocycles. The Balaban J connectivity index is 1.55. The number of hydrogen-bond donors (Lipinski definition) is 0. The van der Waals surface area contributed by atoms with Gasteiger partial charge >= 0.3 is 0 Å². The van der Waals surface area contributed by atoms with Crippen LogP contribution in [0.1, 0.15) is 23.2 Å². The van der Waals surface area contributed by atoms with E-state index in [4.69, 9.17) is 16.3 Å². The van der Waals surface area contributed by atoms with Crippen LogP contribution in [0.4, 0.5) is 4.39 Å². The van der Waals surface area contributed by atoms with Gasteiger partial charge < -0.3 is 9.64 Å². The Hall–Kier alpha value is -2.44. The first-order valence-electron chi connectivity index (χ1n) is 8.87. The molecule has 0 radical (unpaired) electrons. The number of likely N-dealkylation sites (N-methyl/N-ethyl adjacent to an activating group) is 1. The number of ether oxygens (including phenoxy) is 1. The highest BCUT2D eigenvalue weighted by molar-refractivity contribution is 7.09. The Morgan fingerprint density at radius 3 is 2.75 bits per heavy atom. The van der Waals surface area contributed by atoms with Gasteiger partial charge in [0, 0.05) is 23.5 Å². The van der Waals surface area contributed by atoms with Crippen LogP contribution in [-0.4, -0.2) is 22.3 Å². The first-order valence-corrected chi connectivity index (χ1v) is 10.1. The van der Waals surface area contributed by atoms with Crippen LogP contribution in [0.3, 0.4) is 0 Å². The summed E-state index contributed by atoms with van der Waals surface area (Å²) in [6.45, 7) is 3.17. The molecule has 0 bridgehead atoms. The van der Waals surface area contributed by atoms with Gasteiger partial charge in [0.2, 0.25) is 5.91 Å². The van der Waals surface area contributed by atoms with Crippen molar-refractivity contribution >= 4 is 28.8 Å². The number of thiazole rings is 1. The number of carbonyl (C=O) groups excluding carboxylic acids is 1. The zero-order chi connectivity index (χ0) is 19.9. The van der Waals surface area contributed by atoms with E-state index in [0.717, 1.165) is 10.6 Å². The quantitative estimate of drug-likeness (QED) is 0.510. The molecule has 3 aromatic rings. The molecule has 1 heterocycles. The maximum absolute atomic E-state index is 13.4. The molecular formula is C21H20ClFN2O2S. The van der Waals surface area contributed by atoms with Crippen LogP contribution in [0.2, 0.25) is 5.02 Å². The zero-order valence-corrected chi connectivity index (χ0v) is 17.0. The van der Waals surface area contributed by atoms with Crippen LogP contribution >= 0.6 is 22.9 Å². The van der Waals surface area contributed by atoms with Crippen molar-refractivity contribution in [1.82, 2.24) is 9.88 Å². The summed E-state index contributed by atoms with van der Waals surface area (Å²) in [5.41, 5.74) is 1.48. The predicted octanol–water partition coefficient (Wildman–Crippen LogP) is 5.11. The van der Waals surface area contributed by atoms with Gasteiger partial charge in [-0.2, -0.15) is 0 Å². The third kappa shape index (κ3) is 5.78. The molecule has 0 aliphatic carbocycles. The molecule has 0 N–H and O–H groups in total. The van der Waals surface area contributed by atoms with Gasteiger partial charge in [-0.15, -0.1) is 11.3 Å². The fourth-order valence-corrected chi connectivity index (χ4v) is 3.50. The minimum atomic E-state index is -0.300. The maximum atomic E-state index is 13.4. The molecular weight excluding hydrogens is 399 g/mol. The second-order valence-electron chi connectivity index (χ2n) is 6.19. The average molecular weight is 419 g/mol. The maximum Gasteiger partial charge on any atom is 0.228 e. The van der Waals surface area contributed by atoms with Crippen molar-refractivity contribution in [3.63, 3.8) is 0 Å². The summed E-state index contributed by atoms with van der Waals surface area (Å²) < 4.78 is 19.0. The highest BCUT2D eigenvalue weighted by Crippen LogP contribution is 2.19. The molecule has 0 saturated heterocycles. The van der Waals surface area contributed by atoms with Crippen molar-refractivity contribution in [2.45, 2.75) is 26.5 Å². The third-order valence-electron chi connectivity index (χ3n) is 4.10. The van der Waals surface area contributed by atoms with Crippen molar-refractivity contribution in [2.24, 2.45) is 0 Å². The third-order valence-corrected chi connectivity index (χ3v) is 5.23. The van der Waals surface area contributed by atoms with Crippen LogP contribution in [0.15, 0.2) is 53.9 Å². The molecule has 0 saturated carbocycles. The van der Waals surface area contributed by atoms with E-state index in [9.17, 15) is 9.18 Å². The van der Waals surface area contributed by atoms with E-state index in [-0.39, 0.29) is 18.1 Å². The summed E-state index contributed by atoms with van der Waals surface area (Å²) in [4.78, 5) is 18.8. The molecule has 0 aliphatic rings. The van der Waals surface area contributed by atoms with E-state index in [0.29, 0.717) is 36.2 Å². The van der Waals surface area contributed by atoms with Gasteiger partial charge in [-0.05, 0) is 48.9 Å². The lowest BCUT2D eigenvalue weighted by Crippen LogP contribution is -2.31. The number of amides is 1. The number of carbonyl (C=O) groups is 1. The lowest BCUT2D eigenvalue weighted by atomic mass is 10.2. The normalized spacial score (nSPS) is 10.7. The summed E-state index contributed by atoms with van der Waals surface area (Å²) in [6, 6.07) is 13.4. The molecule has 0 fully saturated rings. The fourth-order valence-electron chi connectivity index (χ4n) is 2.67. The van der Waals surface area contributed by atoms with Crippen LogP contribution < -0.4 is 4.74 Å². The van der Waals surface area contributed by atoms with Crippen LogP contribution in [0.5, 0.6) is 5.75 Å². The number of hydrogen-bond acceptors (Lipinski definition) is 4. The average Bonchev–Trinajstić information content (AvgIpc) is 3.13. The molecule has 4 nitrogen and oxygen atoms in total. The highest BCUT2D eigenvalue weighted by atomic mass is 35.5. The van der Waals surface area contributed by atoms with Gasteiger partial charge in [-0.3, -0.25) is 4.79 Å². The number of halogens is 2. The van der Waals surface area contributed by atoms with Crippen molar-refractivity contribution in [2.75, 3.05) is 6.54 Å². The lowest BCUT2D eigenvalue weighted by Gasteiger charge is -2.20. The van der Waals surface area contributed by atoms with E-state index in [1.165, 1.54) is 23.5 Å². The largest absolute Gasteiger partial charge is 0.486 e. The second-order valence-corrected chi connectivity index (χ2v) is 7.57. The van der Waals surface area contributed by atoms with Crippen molar-refractivity contribution in [1.29, 1.82) is 0 Å². The van der Waals surface area contributed by atoms with Crippen molar-refractivity contribution in [3.05, 3.63) is 81.0 Å². The SMILES string of the molecule is CCN(Cc1cccc(F)c1)C(=O)Cc1csc(COc2ccc(Cl)cc2)n1. The summed E-state index contributed by atoms with van der Waals surface area (Å²) in [5.74, 6) is 0.373. The molecule has 0 aliphatic heterocycles. The number of rotatable bonds is 8. The van der Waals surface area contributed by atoms with Gasteiger partial charge in [0.15, 0.2) is 0 Å². The van der Waals surface area contributed by atoms with Crippen molar-refractivity contribution < 1.29 is 13.9 Å². The molecule has 1 amide bonds. The van der Waals surface area contributed by atoms with E-state index < -0.39 is 0 Å². The standard InChI is InChI=1S/C21H20ClFN2O2S/c1-2-25(12-15-4-3-5-17(23)10-15)21(26)11-18-14-28-20(24-18)13-27-19-8-6-16(22)7-9-19/h3-10,14H,2,11-13H2,1H3. The Kier molecular flexibility index (Phi) is 7.01. The monoisotopic (exact) mass is 418 g/mol. The minimum absolute atomic E-state index is 0.0396. The van der Waals surface area contributed by atoms with Crippen molar-refractivity contribution in [3.8, 4) is 5.75 Å². The first kappa shape index (κ1) is 20.3. The molecule has 0 unspecified atom stereocenters. The Morgan fingerprint density at radius 1 is 1.25 bits per heavy atom. The molecule has 0 spiro atoms. The highest BCUT2D eigenvalue weighted by Gasteiger charge is 2.15. The molecule has 3 rings (SSSR count). The van der Waals surface area contributed by atoms with Gasteiger partial charge in [-0.25, -0.2) is 9.37 Å². The van der Waals surface area contributed by atoms with E-state index >= 15 is 0 Å². The van der Waals surface area contributed by atoms with E-state index in [2.05, 4.69) is 4.98 Å². The smallest absolute Gasteiger partial charge is 0.228 e. The summed E-state index contributed by atoms with van der Waals surface area (Å²) >= 11 is 7.31. The van der Waals surface area contributed by atoms with E-state index in [1.54, 1.807) is 35.2 Å². The van der Waals surface area contributed by atoms with Crippen LogP contribution in [-0.2, 0) is 24.4 Å². The Labute approximate surface area is 172 Å². The van der Waals surface area contributed by atoms with Crippen LogP contribution in [0.25, 0.3) is 0 Å². The topological polar surface area (TPSA) is 42.4 Å². The van der Waals surface area contributed by atoms with E-state index in [1.807, 2.05) is 18.4 Å². The molecule has 2 aromatic carbocycles. The fraction of sp³-hybridized carbons (Fsp3) is 0.238. The van der Waals surface area contributed by atoms with Crippen LogP contribution in [0, 0.1) is 5.82 Å². The number of benzene rings is 2. The second kappa shape index (κ2) is 9.66. The predicted molar refractivity (Wildman–Crippen MR) is 109 cm³/mol. The number of aromatic nitrogens is 1. The molecule has 28 heavy (non-hydrogen) atoms. The van der Waals surface area contributed by atoms with Gasteiger partial charge in [0.25, 0.3) is 0 Å². The minimum Gasteiger partial charge on any atom is -0.486 e. The van der Waals surface area contributed by atoms with Gasteiger partial charge in [0.1, 0.15) is 23.2 Å². The Bertz CT molecular complexity index is 930. The zero-order valence-electron chi connectivity index (χ0n) is 15.4. The number of nitrogens with zero attached hydrogens (tertiary/aromatic N) is 2. The summed E-state index contributed by atoms with van der Waals surface area (Å²) in [7, 11) is 0. The molecule has 146 valence electrons. The first-order chi connectivity index (χ1) is 13.5. The van der Waals surface area contributed by atoms with Gasteiger partial charge in [-0.1, -0.05) is 23.7 Å². The molecule has 0 atom stereocenters. The lowest BCUT2D eigenvalue weighted by molar-refractivity contribution is -0.130. The Morgan fingerprint density at radius 2 is 2.04 bits per heavy atom. The summed E-state index contributed by atoms with van der Waals surface area (Å²) in [5, 5.41) is 3.32. The molecule has 7 heteroatoms.